The van der Waals surface area contributed by atoms with E-state index in [9.17, 15) is 9.59 Å². The minimum atomic E-state index is -0.184. The summed E-state index contributed by atoms with van der Waals surface area (Å²) in [5, 5.41) is 2.03. The second kappa shape index (κ2) is 16.9. The number of carbonyl (C=O) groups is 2. The Labute approximate surface area is 170 Å². The molecule has 0 aliphatic carbocycles. The van der Waals surface area contributed by atoms with Crippen LogP contribution in [0.15, 0.2) is 36.5 Å². The van der Waals surface area contributed by atoms with Crippen LogP contribution in [0.3, 0.4) is 0 Å². The highest BCUT2D eigenvalue weighted by Gasteiger charge is 2.30. The fourth-order valence-electron chi connectivity index (χ4n) is 3.06. The molecule has 1 fully saturated rings. The van der Waals surface area contributed by atoms with E-state index >= 15 is 0 Å². The first-order chi connectivity index (χ1) is 13.2. The number of nitrogens with one attached hydrogen (secondary N) is 1. The average molecular weight is 392 g/mol. The summed E-state index contributed by atoms with van der Waals surface area (Å²) in [6.07, 6.45) is 28.7. The Morgan fingerprint density at radius 3 is 1.93 bits per heavy atom. The first kappa shape index (κ1) is 23.7. The second-order valence-electron chi connectivity index (χ2n) is 7.08. The van der Waals surface area contributed by atoms with Gasteiger partial charge in [-0.3, -0.25) is 14.9 Å². The second-order valence-corrected chi connectivity index (χ2v) is 8.26. The number of hydrogen-bond acceptors (Lipinski definition) is 3. The van der Waals surface area contributed by atoms with E-state index in [1.54, 1.807) is 0 Å². The van der Waals surface area contributed by atoms with Crippen molar-refractivity contribution in [1.82, 2.24) is 5.32 Å². The molecule has 1 rings (SSSR count). The van der Waals surface area contributed by atoms with Gasteiger partial charge >= 0.3 is 0 Å². The molecule has 1 unspecified atom stereocenters. The number of thioether (sulfide) groups is 1. The fourth-order valence-corrected chi connectivity index (χ4v) is 3.93. The monoisotopic (exact) mass is 391 g/mol. The van der Waals surface area contributed by atoms with Crippen molar-refractivity contribution in [2.45, 2.75) is 95.6 Å². The number of hydrogen-bond donors (Lipinski definition) is 1. The van der Waals surface area contributed by atoms with Gasteiger partial charge in [0.1, 0.15) is 0 Å². The lowest BCUT2D eigenvalue weighted by Gasteiger charge is -2.05. The molecule has 1 aliphatic rings. The summed E-state index contributed by atoms with van der Waals surface area (Å²) in [6, 6.07) is 0. The van der Waals surface area contributed by atoms with Crippen LogP contribution >= 0.6 is 11.8 Å². The molecule has 0 saturated carbocycles. The van der Waals surface area contributed by atoms with Crippen LogP contribution in [-0.2, 0) is 4.79 Å². The summed E-state index contributed by atoms with van der Waals surface area (Å²) in [6.45, 7) is 2.16. The average Bonchev–Trinajstić information content (AvgIpc) is 2.98. The minimum Gasteiger partial charge on any atom is -0.286 e. The predicted octanol–water partition coefficient (Wildman–Crippen LogP) is 7.10. The van der Waals surface area contributed by atoms with Gasteiger partial charge in [0.05, 0.1) is 5.25 Å². The molecule has 1 atom stereocenters. The zero-order chi connectivity index (χ0) is 19.6. The van der Waals surface area contributed by atoms with Gasteiger partial charge in [-0.15, -0.1) is 0 Å². The summed E-state index contributed by atoms with van der Waals surface area (Å²) in [5.41, 5.74) is 0. The molecule has 0 aromatic carbocycles. The molecule has 0 bridgehead atoms. The lowest BCUT2D eigenvalue weighted by atomic mass is 10.1. The van der Waals surface area contributed by atoms with Gasteiger partial charge < -0.3 is 0 Å². The van der Waals surface area contributed by atoms with Gasteiger partial charge in [0.15, 0.2) is 0 Å². The molecule has 3 nitrogen and oxygen atoms in total. The van der Waals surface area contributed by atoms with E-state index in [1.165, 1.54) is 51.4 Å². The van der Waals surface area contributed by atoms with E-state index in [-0.39, 0.29) is 16.4 Å². The van der Waals surface area contributed by atoms with Gasteiger partial charge in [-0.1, -0.05) is 100 Å². The van der Waals surface area contributed by atoms with E-state index < -0.39 is 0 Å². The molecular formula is C23H37NO2S. The van der Waals surface area contributed by atoms with Crippen molar-refractivity contribution in [3.63, 3.8) is 0 Å². The Morgan fingerprint density at radius 1 is 0.778 bits per heavy atom. The summed E-state index contributed by atoms with van der Waals surface area (Å²) in [7, 11) is 0. The molecule has 4 heteroatoms. The number of allylic oxidation sites excluding steroid dienone is 6. The quantitative estimate of drug-likeness (QED) is 0.225. The number of amides is 2. The lowest BCUT2D eigenvalue weighted by molar-refractivity contribution is -0.119. The zero-order valence-corrected chi connectivity index (χ0v) is 17.8. The Hall–Kier alpha value is -1.29. The summed E-state index contributed by atoms with van der Waals surface area (Å²) >= 11 is 1.15. The van der Waals surface area contributed by atoms with Crippen molar-refractivity contribution in [1.29, 1.82) is 0 Å². The third-order valence-corrected chi connectivity index (χ3v) is 5.68. The Bertz CT molecular complexity index is 497. The van der Waals surface area contributed by atoms with Gasteiger partial charge in [0.25, 0.3) is 5.24 Å². The molecule has 0 spiro atoms. The summed E-state index contributed by atoms with van der Waals surface area (Å²) in [4.78, 5) is 22.5. The van der Waals surface area contributed by atoms with Crippen LogP contribution in [0.1, 0.15) is 90.4 Å². The van der Waals surface area contributed by atoms with Crippen LogP contribution in [0.2, 0.25) is 0 Å². The summed E-state index contributed by atoms with van der Waals surface area (Å²) < 4.78 is 0. The number of rotatable bonds is 16. The Kier molecular flexibility index (Phi) is 14.8. The third-order valence-electron chi connectivity index (χ3n) is 4.63. The molecule has 0 aromatic heterocycles. The van der Waals surface area contributed by atoms with Crippen molar-refractivity contribution in [2.24, 2.45) is 0 Å². The van der Waals surface area contributed by atoms with Crippen molar-refractivity contribution in [2.75, 3.05) is 0 Å². The number of imide groups is 1. The topological polar surface area (TPSA) is 46.2 Å². The maximum atomic E-state index is 11.4. The first-order valence-electron chi connectivity index (χ1n) is 10.7. The van der Waals surface area contributed by atoms with Crippen molar-refractivity contribution in [3.05, 3.63) is 36.5 Å². The van der Waals surface area contributed by atoms with Crippen LogP contribution < -0.4 is 5.32 Å². The van der Waals surface area contributed by atoms with Gasteiger partial charge in [-0.25, -0.2) is 0 Å². The van der Waals surface area contributed by atoms with Crippen molar-refractivity contribution < 1.29 is 9.59 Å². The van der Waals surface area contributed by atoms with Crippen LogP contribution in [-0.4, -0.2) is 16.4 Å². The van der Waals surface area contributed by atoms with E-state index in [0.29, 0.717) is 0 Å². The smallest absolute Gasteiger partial charge is 0.286 e. The molecule has 0 aromatic rings. The van der Waals surface area contributed by atoms with E-state index in [1.807, 2.05) is 0 Å². The largest absolute Gasteiger partial charge is 0.286 e. The highest BCUT2D eigenvalue weighted by Crippen LogP contribution is 2.24. The molecule has 1 aliphatic heterocycles. The fraction of sp³-hybridized carbons (Fsp3) is 0.652. The number of unbranched alkanes of at least 4 members (excludes halogenated alkanes) is 8. The van der Waals surface area contributed by atoms with Gasteiger partial charge in [0.2, 0.25) is 5.91 Å². The standard InChI is InChI=1S/C23H37NO2S/c1-2-3-4-5-6-7-8-9-10-11-12-13-14-15-16-17-18-19-20-21-22(25)24-23(26)27-21/h3-4,6-7,9-10,21H,2,5,8,11-20H2,1H3,(H,24,25,26)/b4-3-,7-6-,10-9-. The zero-order valence-electron chi connectivity index (χ0n) is 17.0. The maximum absolute atomic E-state index is 11.4. The Morgan fingerprint density at radius 2 is 1.33 bits per heavy atom. The normalized spacial score (nSPS) is 17.7. The highest BCUT2D eigenvalue weighted by molar-refractivity contribution is 8.15. The van der Waals surface area contributed by atoms with E-state index in [0.717, 1.165) is 43.9 Å². The first-order valence-corrected chi connectivity index (χ1v) is 11.6. The summed E-state index contributed by atoms with van der Waals surface area (Å²) in [5.74, 6) is -0.0980. The third kappa shape index (κ3) is 13.5. The van der Waals surface area contributed by atoms with Crippen molar-refractivity contribution >= 4 is 22.9 Å². The van der Waals surface area contributed by atoms with Gasteiger partial charge in [-0.05, 0) is 38.5 Å². The molecular weight excluding hydrogens is 354 g/mol. The maximum Gasteiger partial charge on any atom is 0.286 e. The molecule has 0 radical (unpaired) electrons. The SMILES string of the molecule is CC/C=C\C/C=C\C/C=C\CCCCCCCCCCC1SC(=O)NC1=O. The van der Waals surface area contributed by atoms with E-state index in [4.69, 9.17) is 0 Å². The van der Waals surface area contributed by atoms with Gasteiger partial charge in [0, 0.05) is 0 Å². The van der Waals surface area contributed by atoms with Gasteiger partial charge in [-0.2, -0.15) is 0 Å². The lowest BCUT2D eigenvalue weighted by Crippen LogP contribution is -2.23. The molecule has 152 valence electrons. The molecule has 1 saturated heterocycles. The Balaban J connectivity index is 1.80. The van der Waals surface area contributed by atoms with Crippen LogP contribution in [0.5, 0.6) is 0 Å². The molecule has 2 amide bonds. The highest BCUT2D eigenvalue weighted by atomic mass is 32.2. The molecule has 27 heavy (non-hydrogen) atoms. The van der Waals surface area contributed by atoms with Crippen LogP contribution in [0.4, 0.5) is 4.79 Å². The van der Waals surface area contributed by atoms with E-state index in [2.05, 4.69) is 48.7 Å². The van der Waals surface area contributed by atoms with Crippen LogP contribution in [0, 0.1) is 0 Å². The minimum absolute atomic E-state index is 0.0980. The van der Waals surface area contributed by atoms with Crippen LogP contribution in [0.25, 0.3) is 0 Å². The number of carbonyl (C=O) groups excluding carboxylic acids is 2. The molecule has 1 heterocycles. The molecule has 1 N–H and O–H groups in total. The predicted molar refractivity (Wildman–Crippen MR) is 118 cm³/mol. The van der Waals surface area contributed by atoms with Crippen molar-refractivity contribution in [3.8, 4) is 0 Å².